The summed E-state index contributed by atoms with van der Waals surface area (Å²) in [7, 11) is 1.28. The van der Waals surface area contributed by atoms with Gasteiger partial charge in [-0.2, -0.15) is 5.10 Å². The lowest BCUT2D eigenvalue weighted by atomic mass is 10.1. The number of ether oxygens (including phenoxy) is 2. The van der Waals surface area contributed by atoms with E-state index in [-0.39, 0.29) is 6.61 Å². The van der Waals surface area contributed by atoms with E-state index in [1.807, 2.05) is 30.3 Å². The van der Waals surface area contributed by atoms with Crippen LogP contribution in [-0.2, 0) is 19.1 Å². The second kappa shape index (κ2) is 9.83. The van der Waals surface area contributed by atoms with E-state index in [2.05, 4.69) is 20.6 Å². The van der Waals surface area contributed by atoms with Crippen molar-refractivity contribution in [2.24, 2.45) is 5.10 Å². The van der Waals surface area contributed by atoms with Gasteiger partial charge in [0.1, 0.15) is 5.75 Å². The molecule has 0 aliphatic carbocycles. The van der Waals surface area contributed by atoms with Gasteiger partial charge in [0.05, 0.1) is 13.3 Å². The van der Waals surface area contributed by atoms with Crippen LogP contribution >= 0.6 is 0 Å². The molecule has 0 bridgehead atoms. The number of benzene rings is 3. The first kappa shape index (κ1) is 20.5. The first-order valence-electron chi connectivity index (χ1n) is 8.98. The molecule has 8 nitrogen and oxygen atoms in total. The molecule has 3 aromatic rings. The number of amides is 2. The number of nitrogens with zero attached hydrogens (tertiary/aromatic N) is 1. The Kier molecular flexibility index (Phi) is 6.73. The minimum absolute atomic E-state index is 0.189. The second-order valence-electron chi connectivity index (χ2n) is 6.11. The van der Waals surface area contributed by atoms with Crippen LogP contribution in [0.4, 0.5) is 5.69 Å². The smallest absolute Gasteiger partial charge is 0.343 e. The molecule has 0 heterocycles. The topological polar surface area (TPSA) is 106 Å². The summed E-state index contributed by atoms with van der Waals surface area (Å²) < 4.78 is 9.72. The first-order valence-corrected chi connectivity index (χ1v) is 8.98. The summed E-state index contributed by atoms with van der Waals surface area (Å²) in [6.45, 7) is -0.189. The van der Waals surface area contributed by atoms with Crippen molar-refractivity contribution >= 4 is 40.5 Å². The van der Waals surface area contributed by atoms with Crippen LogP contribution in [0.25, 0.3) is 10.8 Å². The Morgan fingerprint density at radius 1 is 0.933 bits per heavy atom. The van der Waals surface area contributed by atoms with Gasteiger partial charge < -0.3 is 14.8 Å². The van der Waals surface area contributed by atoms with Gasteiger partial charge in [-0.3, -0.25) is 9.59 Å². The summed E-state index contributed by atoms with van der Waals surface area (Å²) in [6, 6.07) is 19.6. The van der Waals surface area contributed by atoms with Gasteiger partial charge in [0.2, 0.25) is 0 Å². The van der Waals surface area contributed by atoms with Crippen molar-refractivity contribution in [1.82, 2.24) is 5.43 Å². The Morgan fingerprint density at radius 3 is 2.43 bits per heavy atom. The molecule has 0 fully saturated rings. The fourth-order valence-electron chi connectivity index (χ4n) is 2.58. The molecule has 0 aliphatic heterocycles. The van der Waals surface area contributed by atoms with Gasteiger partial charge in [-0.05, 0) is 41.3 Å². The number of fused-ring (bicyclic) bond motifs is 1. The molecule has 2 N–H and O–H groups in total. The average Bonchev–Trinajstić information content (AvgIpc) is 2.78. The molecule has 0 unspecified atom stereocenters. The van der Waals surface area contributed by atoms with E-state index in [1.54, 1.807) is 36.4 Å². The van der Waals surface area contributed by atoms with Gasteiger partial charge in [0.25, 0.3) is 0 Å². The SMILES string of the molecule is COC(=O)COc1ccc(/C=N\NC(=O)C(=O)Nc2cccc3ccccc23)cc1. The predicted molar refractivity (Wildman–Crippen MR) is 112 cm³/mol. The standard InChI is InChI=1S/C22H19N3O5/c1-29-20(26)14-30-17-11-9-15(10-12-17)13-23-25-22(28)21(27)24-19-8-4-6-16-5-2-3-7-18(16)19/h2-13H,14H2,1H3,(H,24,27)(H,25,28)/b23-13-. The Balaban J connectivity index is 1.54. The lowest BCUT2D eigenvalue weighted by Gasteiger charge is -2.07. The number of carbonyl (C=O) groups is 3. The first-order chi connectivity index (χ1) is 14.6. The Bertz CT molecular complexity index is 1090. The molecule has 0 aliphatic rings. The van der Waals surface area contributed by atoms with Crippen LogP contribution in [0, 0.1) is 0 Å². The zero-order valence-electron chi connectivity index (χ0n) is 16.1. The van der Waals surface area contributed by atoms with Crippen LogP contribution in [0.1, 0.15) is 5.56 Å². The lowest BCUT2D eigenvalue weighted by Crippen LogP contribution is -2.32. The number of hydrogen-bond acceptors (Lipinski definition) is 6. The predicted octanol–water partition coefficient (Wildman–Crippen LogP) is 2.48. The molecule has 0 spiro atoms. The van der Waals surface area contributed by atoms with Crippen molar-refractivity contribution in [2.45, 2.75) is 0 Å². The van der Waals surface area contributed by atoms with Gasteiger partial charge in [-0.15, -0.1) is 0 Å². The van der Waals surface area contributed by atoms with Gasteiger partial charge in [-0.25, -0.2) is 10.2 Å². The summed E-state index contributed by atoms with van der Waals surface area (Å²) in [5, 5.41) is 8.16. The quantitative estimate of drug-likeness (QED) is 0.284. The van der Waals surface area contributed by atoms with Gasteiger partial charge in [0.15, 0.2) is 6.61 Å². The van der Waals surface area contributed by atoms with Crippen LogP contribution in [0.5, 0.6) is 5.75 Å². The normalized spacial score (nSPS) is 10.6. The number of esters is 1. The fourth-order valence-corrected chi connectivity index (χ4v) is 2.58. The molecule has 0 saturated heterocycles. The number of carbonyl (C=O) groups excluding carboxylic acids is 3. The Morgan fingerprint density at radius 2 is 1.67 bits per heavy atom. The van der Waals surface area contributed by atoms with Crippen LogP contribution in [-0.4, -0.2) is 37.7 Å². The van der Waals surface area contributed by atoms with Crippen molar-refractivity contribution in [3.05, 3.63) is 72.3 Å². The van der Waals surface area contributed by atoms with E-state index in [1.165, 1.54) is 13.3 Å². The third kappa shape index (κ3) is 5.41. The maximum atomic E-state index is 12.1. The molecule has 8 heteroatoms. The van der Waals surface area contributed by atoms with Crippen LogP contribution in [0.15, 0.2) is 71.8 Å². The summed E-state index contributed by atoms with van der Waals surface area (Å²) in [6.07, 6.45) is 1.38. The van der Waals surface area contributed by atoms with E-state index in [0.29, 0.717) is 17.0 Å². The summed E-state index contributed by atoms with van der Waals surface area (Å²) >= 11 is 0. The number of rotatable bonds is 6. The monoisotopic (exact) mass is 405 g/mol. The molecule has 3 aromatic carbocycles. The van der Waals surface area contributed by atoms with Gasteiger partial charge in [-0.1, -0.05) is 36.4 Å². The molecule has 30 heavy (non-hydrogen) atoms. The number of anilines is 1. The summed E-state index contributed by atoms with van der Waals surface area (Å²) in [4.78, 5) is 35.2. The Hall–Kier alpha value is -4.20. The average molecular weight is 405 g/mol. The maximum Gasteiger partial charge on any atom is 0.343 e. The number of hydrogen-bond donors (Lipinski definition) is 2. The highest BCUT2D eigenvalue weighted by atomic mass is 16.6. The van der Waals surface area contributed by atoms with E-state index in [4.69, 9.17) is 4.74 Å². The van der Waals surface area contributed by atoms with E-state index >= 15 is 0 Å². The van der Waals surface area contributed by atoms with Gasteiger partial charge >= 0.3 is 17.8 Å². The molecule has 3 rings (SSSR count). The maximum absolute atomic E-state index is 12.1. The molecule has 0 saturated carbocycles. The van der Waals surface area contributed by atoms with Crippen LogP contribution < -0.4 is 15.5 Å². The zero-order chi connectivity index (χ0) is 21.3. The second-order valence-corrected chi connectivity index (χ2v) is 6.11. The highest BCUT2D eigenvalue weighted by Gasteiger charge is 2.14. The molecule has 2 amide bonds. The fraction of sp³-hybridized carbons (Fsp3) is 0.0909. The lowest BCUT2D eigenvalue weighted by molar-refractivity contribution is -0.142. The number of methoxy groups -OCH3 is 1. The molecule has 152 valence electrons. The largest absolute Gasteiger partial charge is 0.482 e. The highest BCUT2D eigenvalue weighted by molar-refractivity contribution is 6.40. The molecule has 0 aromatic heterocycles. The molecule has 0 atom stereocenters. The van der Waals surface area contributed by atoms with Crippen molar-refractivity contribution in [1.29, 1.82) is 0 Å². The van der Waals surface area contributed by atoms with E-state index < -0.39 is 17.8 Å². The Labute approximate surface area is 172 Å². The van der Waals surface area contributed by atoms with Crippen LogP contribution in [0.3, 0.4) is 0 Å². The molecular weight excluding hydrogens is 386 g/mol. The van der Waals surface area contributed by atoms with Crippen molar-refractivity contribution < 1.29 is 23.9 Å². The third-order valence-corrected chi connectivity index (χ3v) is 4.09. The van der Waals surface area contributed by atoms with E-state index in [9.17, 15) is 14.4 Å². The van der Waals surface area contributed by atoms with Crippen molar-refractivity contribution in [3.8, 4) is 5.75 Å². The molecular formula is C22H19N3O5. The van der Waals surface area contributed by atoms with Crippen molar-refractivity contribution in [3.63, 3.8) is 0 Å². The number of hydrazone groups is 1. The minimum Gasteiger partial charge on any atom is -0.482 e. The highest BCUT2D eigenvalue weighted by Crippen LogP contribution is 2.22. The summed E-state index contributed by atoms with van der Waals surface area (Å²) in [5.41, 5.74) is 3.39. The third-order valence-electron chi connectivity index (χ3n) is 4.09. The summed E-state index contributed by atoms with van der Waals surface area (Å²) in [5.74, 6) is -1.71. The number of nitrogens with one attached hydrogen (secondary N) is 2. The van der Waals surface area contributed by atoms with Crippen LogP contribution in [0.2, 0.25) is 0 Å². The van der Waals surface area contributed by atoms with E-state index in [0.717, 1.165) is 10.8 Å². The minimum atomic E-state index is -0.891. The molecule has 0 radical (unpaired) electrons. The van der Waals surface area contributed by atoms with Gasteiger partial charge in [0, 0.05) is 11.1 Å². The van der Waals surface area contributed by atoms with Crippen molar-refractivity contribution in [2.75, 3.05) is 19.0 Å². The zero-order valence-corrected chi connectivity index (χ0v) is 16.1.